The molecule has 0 bridgehead atoms. The van der Waals surface area contributed by atoms with E-state index in [1.807, 2.05) is 48.5 Å². The van der Waals surface area contributed by atoms with Gasteiger partial charge in [-0.1, -0.05) is 36.4 Å². The largest absolute Gasteiger partial charge is 0.367 e. The molecule has 0 fully saturated rings. The molecule has 0 radical (unpaired) electrons. The highest BCUT2D eigenvalue weighted by molar-refractivity contribution is 5.82. The number of methoxy groups -OCH3 is 1. The van der Waals surface area contributed by atoms with E-state index in [0.717, 1.165) is 11.3 Å². The molecule has 1 atom stereocenters. The molecule has 0 aliphatic heterocycles. The molecule has 1 aromatic carbocycles. The van der Waals surface area contributed by atoms with Crippen LogP contribution in [0.4, 0.5) is 0 Å². The lowest BCUT2D eigenvalue weighted by molar-refractivity contribution is -0.131. The minimum Gasteiger partial charge on any atom is -0.367 e. The molecule has 1 N–H and O–H groups in total. The van der Waals surface area contributed by atoms with Crippen LogP contribution in [-0.2, 0) is 16.1 Å². The Morgan fingerprint density at radius 2 is 1.95 bits per heavy atom. The first-order valence-electron chi connectivity index (χ1n) is 6.06. The van der Waals surface area contributed by atoms with E-state index in [4.69, 9.17) is 4.74 Å². The molecule has 0 aliphatic carbocycles. The maximum Gasteiger partial charge on any atom is 0.254 e. The second-order valence-electron chi connectivity index (χ2n) is 4.07. The Hall–Kier alpha value is -2.20. The third-order valence-electron chi connectivity index (χ3n) is 2.75. The SMILES string of the molecule is COC(C(=O)NCc1ccccn1)c1ccccc1. The van der Waals surface area contributed by atoms with E-state index >= 15 is 0 Å². The average Bonchev–Trinajstić information content (AvgIpc) is 2.48. The number of carbonyl (C=O) groups is 1. The van der Waals surface area contributed by atoms with Gasteiger partial charge in [-0.15, -0.1) is 0 Å². The molecule has 19 heavy (non-hydrogen) atoms. The fourth-order valence-electron chi connectivity index (χ4n) is 1.80. The third-order valence-corrected chi connectivity index (χ3v) is 2.75. The zero-order chi connectivity index (χ0) is 13.5. The first-order valence-corrected chi connectivity index (χ1v) is 6.06. The van der Waals surface area contributed by atoms with Crippen LogP contribution in [-0.4, -0.2) is 18.0 Å². The number of rotatable bonds is 5. The summed E-state index contributed by atoms with van der Waals surface area (Å²) in [6.45, 7) is 0.395. The molecule has 1 amide bonds. The van der Waals surface area contributed by atoms with Crippen molar-refractivity contribution in [3.05, 3.63) is 66.0 Å². The third kappa shape index (κ3) is 3.63. The van der Waals surface area contributed by atoms with Gasteiger partial charge in [0.25, 0.3) is 5.91 Å². The predicted molar refractivity (Wildman–Crippen MR) is 72.3 cm³/mol. The fourth-order valence-corrected chi connectivity index (χ4v) is 1.80. The molecule has 98 valence electrons. The number of carbonyl (C=O) groups excluding carboxylic acids is 1. The van der Waals surface area contributed by atoms with Gasteiger partial charge in [0.15, 0.2) is 6.10 Å². The average molecular weight is 256 g/mol. The summed E-state index contributed by atoms with van der Waals surface area (Å²) in [6, 6.07) is 15.0. The van der Waals surface area contributed by atoms with Crippen LogP contribution in [0.15, 0.2) is 54.7 Å². The van der Waals surface area contributed by atoms with Crippen LogP contribution in [0.2, 0.25) is 0 Å². The topological polar surface area (TPSA) is 51.2 Å². The molecular formula is C15H16N2O2. The Balaban J connectivity index is 1.98. The Morgan fingerprint density at radius 3 is 2.58 bits per heavy atom. The van der Waals surface area contributed by atoms with E-state index in [2.05, 4.69) is 10.3 Å². The molecule has 1 unspecified atom stereocenters. The molecule has 0 saturated carbocycles. The highest BCUT2D eigenvalue weighted by Crippen LogP contribution is 2.16. The van der Waals surface area contributed by atoms with Crippen molar-refractivity contribution in [3.63, 3.8) is 0 Å². The number of pyridine rings is 1. The molecule has 0 spiro atoms. The van der Waals surface area contributed by atoms with E-state index in [9.17, 15) is 4.79 Å². The van der Waals surface area contributed by atoms with Gasteiger partial charge in [0.2, 0.25) is 0 Å². The number of nitrogens with zero attached hydrogens (tertiary/aromatic N) is 1. The first kappa shape index (κ1) is 13.2. The van der Waals surface area contributed by atoms with Crippen molar-refractivity contribution in [2.24, 2.45) is 0 Å². The van der Waals surface area contributed by atoms with E-state index < -0.39 is 6.10 Å². The number of amides is 1. The zero-order valence-corrected chi connectivity index (χ0v) is 10.7. The Morgan fingerprint density at radius 1 is 1.21 bits per heavy atom. The van der Waals surface area contributed by atoms with Crippen LogP contribution in [0.3, 0.4) is 0 Å². The van der Waals surface area contributed by atoms with Crippen molar-refractivity contribution >= 4 is 5.91 Å². The fraction of sp³-hybridized carbons (Fsp3) is 0.200. The summed E-state index contributed by atoms with van der Waals surface area (Å²) in [7, 11) is 1.53. The van der Waals surface area contributed by atoms with Crippen LogP contribution in [0, 0.1) is 0 Å². The smallest absolute Gasteiger partial charge is 0.254 e. The number of hydrogen-bond donors (Lipinski definition) is 1. The van der Waals surface area contributed by atoms with Gasteiger partial charge in [0.05, 0.1) is 12.2 Å². The number of benzene rings is 1. The van der Waals surface area contributed by atoms with Crippen molar-refractivity contribution in [2.75, 3.05) is 7.11 Å². The lowest BCUT2D eigenvalue weighted by Crippen LogP contribution is -2.30. The van der Waals surface area contributed by atoms with Gasteiger partial charge in [-0.05, 0) is 17.7 Å². The number of hydrogen-bond acceptors (Lipinski definition) is 3. The summed E-state index contributed by atoms with van der Waals surface area (Å²) in [5.41, 5.74) is 1.65. The van der Waals surface area contributed by atoms with Crippen LogP contribution < -0.4 is 5.32 Å². The highest BCUT2D eigenvalue weighted by atomic mass is 16.5. The molecule has 4 heteroatoms. The summed E-state index contributed by atoms with van der Waals surface area (Å²) in [4.78, 5) is 16.2. The van der Waals surface area contributed by atoms with E-state index in [-0.39, 0.29) is 5.91 Å². The Bertz CT molecular complexity index is 514. The number of ether oxygens (including phenoxy) is 1. The van der Waals surface area contributed by atoms with Crippen LogP contribution in [0.25, 0.3) is 0 Å². The molecule has 4 nitrogen and oxygen atoms in total. The monoisotopic (exact) mass is 256 g/mol. The minimum absolute atomic E-state index is 0.167. The highest BCUT2D eigenvalue weighted by Gasteiger charge is 2.19. The van der Waals surface area contributed by atoms with Gasteiger partial charge in [0.1, 0.15) is 0 Å². The second kappa shape index (κ2) is 6.66. The normalized spacial score (nSPS) is 11.8. The summed E-state index contributed by atoms with van der Waals surface area (Å²) >= 11 is 0. The summed E-state index contributed by atoms with van der Waals surface area (Å²) < 4.78 is 5.25. The van der Waals surface area contributed by atoms with Gasteiger partial charge in [-0.25, -0.2) is 0 Å². The van der Waals surface area contributed by atoms with Crippen LogP contribution in [0.5, 0.6) is 0 Å². The lowest BCUT2D eigenvalue weighted by atomic mass is 10.1. The molecule has 1 aromatic heterocycles. The minimum atomic E-state index is -0.593. The zero-order valence-electron chi connectivity index (χ0n) is 10.7. The molecule has 0 saturated heterocycles. The van der Waals surface area contributed by atoms with Crippen molar-refractivity contribution < 1.29 is 9.53 Å². The van der Waals surface area contributed by atoms with Crippen LogP contribution >= 0.6 is 0 Å². The summed E-state index contributed by atoms with van der Waals surface area (Å²) in [5.74, 6) is -0.167. The predicted octanol–water partition coefficient (Wildman–Crippen LogP) is 2.09. The molecule has 0 aliphatic rings. The van der Waals surface area contributed by atoms with Crippen LogP contribution in [0.1, 0.15) is 17.4 Å². The Labute approximate surface area is 112 Å². The number of aromatic nitrogens is 1. The molecule has 1 heterocycles. The van der Waals surface area contributed by atoms with Gasteiger partial charge < -0.3 is 10.1 Å². The quantitative estimate of drug-likeness (QED) is 0.891. The van der Waals surface area contributed by atoms with Gasteiger partial charge >= 0.3 is 0 Å². The number of nitrogens with one attached hydrogen (secondary N) is 1. The van der Waals surface area contributed by atoms with Gasteiger partial charge in [-0.2, -0.15) is 0 Å². The van der Waals surface area contributed by atoms with Gasteiger partial charge in [0, 0.05) is 13.3 Å². The first-order chi connectivity index (χ1) is 9.31. The van der Waals surface area contributed by atoms with E-state index in [0.29, 0.717) is 6.54 Å². The molecule has 2 rings (SSSR count). The second-order valence-corrected chi connectivity index (χ2v) is 4.07. The standard InChI is InChI=1S/C15H16N2O2/c1-19-14(12-7-3-2-4-8-12)15(18)17-11-13-9-5-6-10-16-13/h2-10,14H,11H2,1H3,(H,17,18). The summed E-state index contributed by atoms with van der Waals surface area (Å²) in [5, 5.41) is 2.82. The van der Waals surface area contributed by atoms with Crippen molar-refractivity contribution in [3.8, 4) is 0 Å². The molecular weight excluding hydrogens is 240 g/mol. The maximum absolute atomic E-state index is 12.1. The van der Waals surface area contributed by atoms with E-state index in [1.165, 1.54) is 7.11 Å². The van der Waals surface area contributed by atoms with Gasteiger partial charge in [-0.3, -0.25) is 9.78 Å². The Kier molecular flexibility index (Phi) is 4.64. The lowest BCUT2D eigenvalue weighted by Gasteiger charge is -2.15. The van der Waals surface area contributed by atoms with Crippen molar-refractivity contribution in [2.45, 2.75) is 12.6 Å². The maximum atomic E-state index is 12.1. The van der Waals surface area contributed by atoms with E-state index in [1.54, 1.807) is 6.20 Å². The molecule has 2 aromatic rings. The van der Waals surface area contributed by atoms with Crippen molar-refractivity contribution in [1.82, 2.24) is 10.3 Å². The van der Waals surface area contributed by atoms with Crippen molar-refractivity contribution in [1.29, 1.82) is 0 Å². The summed E-state index contributed by atoms with van der Waals surface area (Å²) in [6.07, 6.45) is 1.11.